The first-order valence-corrected chi connectivity index (χ1v) is 7.45. The highest BCUT2D eigenvalue weighted by Crippen LogP contribution is 2.20. The Balaban J connectivity index is 1.86. The van der Waals surface area contributed by atoms with Gasteiger partial charge in [-0.2, -0.15) is 0 Å². The summed E-state index contributed by atoms with van der Waals surface area (Å²) in [6, 6.07) is 1.75. The van der Waals surface area contributed by atoms with Crippen molar-refractivity contribution in [1.82, 2.24) is 10.5 Å². The van der Waals surface area contributed by atoms with E-state index >= 15 is 0 Å². The Morgan fingerprint density at radius 2 is 2.38 bits per heavy atom. The van der Waals surface area contributed by atoms with Crippen LogP contribution in [0.3, 0.4) is 0 Å². The van der Waals surface area contributed by atoms with Crippen LogP contribution in [-0.2, 0) is 16.1 Å². The van der Waals surface area contributed by atoms with Gasteiger partial charge in [-0.3, -0.25) is 4.79 Å². The summed E-state index contributed by atoms with van der Waals surface area (Å²) in [5.74, 6) is 0.945. The smallest absolute Gasteiger partial charge is 0.273 e. The lowest BCUT2D eigenvalue weighted by atomic mass is 9.96. The minimum atomic E-state index is -0.198. The van der Waals surface area contributed by atoms with Crippen LogP contribution in [0, 0.1) is 5.92 Å². The van der Waals surface area contributed by atoms with Gasteiger partial charge in [-0.05, 0) is 25.2 Å². The van der Waals surface area contributed by atoms with Crippen molar-refractivity contribution in [2.45, 2.75) is 51.9 Å². The van der Waals surface area contributed by atoms with E-state index in [-0.39, 0.29) is 18.1 Å². The highest BCUT2D eigenvalue weighted by molar-refractivity contribution is 5.92. The lowest BCUT2D eigenvalue weighted by Crippen LogP contribution is -2.42. The highest BCUT2D eigenvalue weighted by Gasteiger charge is 2.25. The fraction of sp³-hybridized carbons (Fsp3) is 0.733. The second kappa shape index (κ2) is 7.56. The topological polar surface area (TPSA) is 73.6 Å². The SMILES string of the molecule is COCc1cc(C(=O)N[C@H]2CCO[C@H](CC(C)C)C2)no1. The number of aromatic nitrogens is 1. The number of amides is 1. The van der Waals surface area contributed by atoms with Gasteiger partial charge in [0.1, 0.15) is 6.61 Å². The van der Waals surface area contributed by atoms with Crippen LogP contribution in [0.2, 0.25) is 0 Å². The van der Waals surface area contributed by atoms with Crippen molar-refractivity contribution >= 4 is 5.91 Å². The molecular formula is C15H24N2O4. The van der Waals surface area contributed by atoms with Gasteiger partial charge in [0.2, 0.25) is 0 Å². The van der Waals surface area contributed by atoms with Crippen molar-refractivity contribution in [1.29, 1.82) is 0 Å². The van der Waals surface area contributed by atoms with E-state index in [1.807, 2.05) is 0 Å². The fourth-order valence-electron chi connectivity index (χ4n) is 2.59. The summed E-state index contributed by atoms with van der Waals surface area (Å²) in [5.41, 5.74) is 0.300. The molecule has 0 saturated carbocycles. The molecule has 2 rings (SSSR count). The largest absolute Gasteiger partial charge is 0.378 e. The second-order valence-electron chi connectivity index (χ2n) is 5.93. The number of rotatable bonds is 6. The molecule has 1 aromatic rings. The maximum absolute atomic E-state index is 12.1. The van der Waals surface area contributed by atoms with Crippen LogP contribution in [0.5, 0.6) is 0 Å². The van der Waals surface area contributed by atoms with Gasteiger partial charge in [0.05, 0.1) is 6.10 Å². The molecule has 6 heteroatoms. The average Bonchev–Trinajstić information content (AvgIpc) is 2.87. The van der Waals surface area contributed by atoms with Crippen molar-refractivity contribution in [2.24, 2.45) is 5.92 Å². The summed E-state index contributed by atoms with van der Waals surface area (Å²) in [6.07, 6.45) is 2.94. The molecule has 6 nitrogen and oxygen atoms in total. The van der Waals surface area contributed by atoms with E-state index in [1.54, 1.807) is 13.2 Å². The highest BCUT2D eigenvalue weighted by atomic mass is 16.5. The lowest BCUT2D eigenvalue weighted by molar-refractivity contribution is -0.00851. The maximum atomic E-state index is 12.1. The molecule has 1 aliphatic rings. The van der Waals surface area contributed by atoms with Gasteiger partial charge in [0.15, 0.2) is 11.5 Å². The number of nitrogens with one attached hydrogen (secondary N) is 1. The monoisotopic (exact) mass is 296 g/mol. The predicted molar refractivity (Wildman–Crippen MR) is 76.9 cm³/mol. The molecule has 1 saturated heterocycles. The van der Waals surface area contributed by atoms with E-state index in [0.717, 1.165) is 19.3 Å². The standard InChI is InChI=1S/C15H24N2O4/c1-10(2)6-12-7-11(4-5-20-12)16-15(18)14-8-13(9-19-3)21-17-14/h8,10-12H,4-7,9H2,1-3H3,(H,16,18)/t11-,12+/m0/s1. The van der Waals surface area contributed by atoms with Crippen LogP contribution in [0.15, 0.2) is 10.6 Å². The number of carbonyl (C=O) groups excluding carboxylic acids is 1. The van der Waals surface area contributed by atoms with Crippen LogP contribution in [0.4, 0.5) is 0 Å². The summed E-state index contributed by atoms with van der Waals surface area (Å²) in [4.78, 5) is 12.1. The van der Waals surface area contributed by atoms with E-state index in [2.05, 4.69) is 24.3 Å². The summed E-state index contributed by atoms with van der Waals surface area (Å²) in [6.45, 7) is 5.36. The normalized spacial score (nSPS) is 22.5. The summed E-state index contributed by atoms with van der Waals surface area (Å²) in [7, 11) is 1.57. The Morgan fingerprint density at radius 1 is 1.57 bits per heavy atom. The van der Waals surface area contributed by atoms with Crippen LogP contribution in [-0.4, -0.2) is 36.9 Å². The maximum Gasteiger partial charge on any atom is 0.273 e. The molecule has 0 aromatic carbocycles. The number of methoxy groups -OCH3 is 1. The first-order valence-electron chi connectivity index (χ1n) is 7.45. The molecular weight excluding hydrogens is 272 g/mol. The molecule has 1 aliphatic heterocycles. The minimum absolute atomic E-state index is 0.137. The van der Waals surface area contributed by atoms with Crippen LogP contribution >= 0.6 is 0 Å². The van der Waals surface area contributed by atoms with E-state index in [0.29, 0.717) is 30.6 Å². The third-order valence-corrected chi connectivity index (χ3v) is 3.51. The number of nitrogens with zero attached hydrogens (tertiary/aromatic N) is 1. The van der Waals surface area contributed by atoms with Gasteiger partial charge in [0, 0.05) is 25.8 Å². The number of hydrogen-bond donors (Lipinski definition) is 1. The van der Waals surface area contributed by atoms with Gasteiger partial charge in [-0.15, -0.1) is 0 Å². The Hall–Kier alpha value is -1.40. The Morgan fingerprint density at radius 3 is 3.10 bits per heavy atom. The van der Waals surface area contributed by atoms with E-state index in [1.165, 1.54) is 0 Å². The Labute approximate surface area is 125 Å². The van der Waals surface area contributed by atoms with Crippen LogP contribution < -0.4 is 5.32 Å². The van der Waals surface area contributed by atoms with E-state index in [4.69, 9.17) is 14.0 Å². The van der Waals surface area contributed by atoms with Crippen molar-refractivity contribution in [3.63, 3.8) is 0 Å². The first-order chi connectivity index (χ1) is 10.1. The van der Waals surface area contributed by atoms with Crippen LogP contribution in [0.25, 0.3) is 0 Å². The van der Waals surface area contributed by atoms with E-state index < -0.39 is 0 Å². The van der Waals surface area contributed by atoms with Gasteiger partial charge in [-0.25, -0.2) is 0 Å². The second-order valence-corrected chi connectivity index (χ2v) is 5.93. The molecule has 0 spiro atoms. The summed E-state index contributed by atoms with van der Waals surface area (Å²) in [5, 5.41) is 6.78. The van der Waals surface area contributed by atoms with Crippen molar-refractivity contribution in [3.8, 4) is 0 Å². The van der Waals surface area contributed by atoms with Crippen molar-refractivity contribution in [3.05, 3.63) is 17.5 Å². The number of ether oxygens (including phenoxy) is 2. The van der Waals surface area contributed by atoms with Crippen molar-refractivity contribution < 1.29 is 18.8 Å². The van der Waals surface area contributed by atoms with Crippen LogP contribution in [0.1, 0.15) is 49.4 Å². The quantitative estimate of drug-likeness (QED) is 0.870. The zero-order chi connectivity index (χ0) is 15.2. The van der Waals surface area contributed by atoms with Gasteiger partial charge < -0.3 is 19.3 Å². The molecule has 2 atom stereocenters. The van der Waals surface area contributed by atoms with Gasteiger partial charge in [0.25, 0.3) is 5.91 Å². The van der Waals surface area contributed by atoms with Gasteiger partial charge >= 0.3 is 0 Å². The zero-order valence-electron chi connectivity index (χ0n) is 12.9. The number of hydrogen-bond acceptors (Lipinski definition) is 5. The van der Waals surface area contributed by atoms with E-state index in [9.17, 15) is 4.79 Å². The Kier molecular flexibility index (Phi) is 5.76. The molecule has 21 heavy (non-hydrogen) atoms. The van der Waals surface area contributed by atoms with Crippen molar-refractivity contribution in [2.75, 3.05) is 13.7 Å². The molecule has 118 valence electrons. The Bertz CT molecular complexity index is 458. The molecule has 0 unspecified atom stereocenters. The third kappa shape index (κ3) is 4.82. The molecule has 1 amide bonds. The minimum Gasteiger partial charge on any atom is -0.378 e. The molecule has 2 heterocycles. The fourth-order valence-corrected chi connectivity index (χ4v) is 2.59. The average molecular weight is 296 g/mol. The third-order valence-electron chi connectivity index (χ3n) is 3.51. The number of carbonyl (C=O) groups is 1. The molecule has 1 aromatic heterocycles. The first kappa shape index (κ1) is 16.0. The molecule has 1 N–H and O–H groups in total. The molecule has 0 radical (unpaired) electrons. The molecule has 1 fully saturated rings. The predicted octanol–water partition coefficient (Wildman–Crippen LogP) is 2.14. The lowest BCUT2D eigenvalue weighted by Gasteiger charge is -2.30. The summed E-state index contributed by atoms with van der Waals surface area (Å²) >= 11 is 0. The van der Waals surface area contributed by atoms with Gasteiger partial charge in [-0.1, -0.05) is 19.0 Å². The molecule has 0 aliphatic carbocycles. The molecule has 0 bridgehead atoms. The summed E-state index contributed by atoms with van der Waals surface area (Å²) < 4.78 is 15.7. The zero-order valence-corrected chi connectivity index (χ0v) is 12.9.